The highest BCUT2D eigenvalue weighted by atomic mass is 35.5. The molecule has 3 rings (SSSR count). The van der Waals surface area contributed by atoms with Crippen molar-refractivity contribution < 1.29 is 4.79 Å². The van der Waals surface area contributed by atoms with E-state index in [9.17, 15) is 10.1 Å². The highest BCUT2D eigenvalue weighted by Crippen LogP contribution is 2.33. The normalized spacial score (nSPS) is 10.8. The predicted octanol–water partition coefficient (Wildman–Crippen LogP) is 6.61. The number of hydrogen-bond donors (Lipinski definition) is 0. The summed E-state index contributed by atoms with van der Waals surface area (Å²) < 4.78 is 0. The maximum atomic E-state index is 12.4. The second-order valence-electron chi connectivity index (χ2n) is 6.22. The molecule has 0 aliphatic heterocycles. The van der Waals surface area contributed by atoms with Gasteiger partial charge in [-0.3, -0.25) is 4.79 Å². The highest BCUT2D eigenvalue weighted by molar-refractivity contribution is 8.00. The van der Waals surface area contributed by atoms with Crippen LogP contribution in [0.15, 0.2) is 69.9 Å². The number of carbonyl (C=O) groups is 1. The molecule has 0 amide bonds. The first kappa shape index (κ1) is 20.7. The molecular formula is C22H17ClN4OS. The molecule has 0 spiro atoms. The van der Waals surface area contributed by atoms with Crippen LogP contribution in [-0.2, 0) is 0 Å². The fourth-order valence-corrected chi connectivity index (χ4v) is 3.76. The van der Waals surface area contributed by atoms with E-state index in [4.69, 9.17) is 11.6 Å². The topological polar surface area (TPSA) is 78.5 Å². The monoisotopic (exact) mass is 420 g/mol. The maximum absolute atomic E-state index is 12.4. The Balaban J connectivity index is 1.83. The summed E-state index contributed by atoms with van der Waals surface area (Å²) in [5, 5.41) is 19.3. The predicted molar refractivity (Wildman–Crippen MR) is 116 cm³/mol. The zero-order chi connectivity index (χ0) is 20.8. The zero-order valence-corrected chi connectivity index (χ0v) is 17.5. The van der Waals surface area contributed by atoms with Gasteiger partial charge in [0.05, 0.1) is 22.7 Å². The average Bonchev–Trinajstić information content (AvgIpc) is 2.73. The molecule has 0 saturated carbocycles. The Kier molecular flexibility index (Phi) is 6.76. The first-order valence-corrected chi connectivity index (χ1v) is 10.2. The lowest BCUT2D eigenvalue weighted by atomic mass is 10.1. The number of benzene rings is 2. The molecular weight excluding hydrogens is 404 g/mol. The summed E-state index contributed by atoms with van der Waals surface area (Å²) in [6, 6.07) is 18.3. The van der Waals surface area contributed by atoms with Crippen LogP contribution in [0.2, 0.25) is 5.02 Å². The summed E-state index contributed by atoms with van der Waals surface area (Å²) in [5.41, 5.74) is 3.62. The van der Waals surface area contributed by atoms with Crippen molar-refractivity contribution >= 4 is 40.5 Å². The molecule has 0 saturated heterocycles. The Morgan fingerprint density at radius 2 is 1.79 bits per heavy atom. The van der Waals surface area contributed by atoms with Gasteiger partial charge >= 0.3 is 0 Å². The molecule has 29 heavy (non-hydrogen) atoms. The molecule has 1 aromatic heterocycles. The molecule has 0 aliphatic carbocycles. The molecule has 1 heterocycles. The maximum Gasteiger partial charge on any atom is 0.173 e. The first-order chi connectivity index (χ1) is 14.0. The van der Waals surface area contributed by atoms with E-state index < -0.39 is 0 Å². The van der Waals surface area contributed by atoms with Gasteiger partial charge in [0.1, 0.15) is 16.8 Å². The first-order valence-electron chi connectivity index (χ1n) is 8.79. The minimum atomic E-state index is -0.0551. The Morgan fingerprint density at radius 1 is 1.10 bits per heavy atom. The number of Topliss-reactive ketones (excluding diaryl/α,β-unsaturated/α-hetero) is 1. The van der Waals surface area contributed by atoms with E-state index in [1.54, 1.807) is 24.3 Å². The number of aryl methyl sites for hydroxylation is 1. The number of ketones is 1. The Bertz CT molecular complexity index is 1110. The lowest BCUT2D eigenvalue weighted by molar-refractivity contribution is 0.102. The van der Waals surface area contributed by atoms with E-state index in [1.807, 2.05) is 44.2 Å². The van der Waals surface area contributed by atoms with Gasteiger partial charge in [-0.25, -0.2) is 4.98 Å². The van der Waals surface area contributed by atoms with Gasteiger partial charge in [0.15, 0.2) is 5.78 Å². The number of nitriles is 1. The lowest BCUT2D eigenvalue weighted by Gasteiger charge is -2.10. The van der Waals surface area contributed by atoms with Gasteiger partial charge < -0.3 is 0 Å². The van der Waals surface area contributed by atoms with Crippen LogP contribution in [0, 0.1) is 25.2 Å². The number of carbonyl (C=O) groups excluding carboxylic acids is 1. The second kappa shape index (κ2) is 9.46. The number of halogens is 1. The summed E-state index contributed by atoms with van der Waals surface area (Å²) in [5.74, 6) is 0.119. The van der Waals surface area contributed by atoms with Gasteiger partial charge in [-0.1, -0.05) is 41.6 Å². The van der Waals surface area contributed by atoms with Crippen molar-refractivity contribution in [3.05, 3.63) is 82.0 Å². The lowest BCUT2D eigenvalue weighted by Crippen LogP contribution is -2.04. The number of aromatic nitrogens is 1. The third-order valence-electron chi connectivity index (χ3n) is 4.20. The standard InChI is InChI=1S/C22H17ClN4OS/c1-14-19(12-24)22(29-13-20(28)16-8-10-17(23)11-9-16)25-15(2)21(14)27-26-18-6-4-3-5-7-18/h3-11H,13H2,1-2H3. The van der Waals surface area contributed by atoms with E-state index in [0.717, 1.165) is 5.69 Å². The minimum Gasteiger partial charge on any atom is -0.293 e. The highest BCUT2D eigenvalue weighted by Gasteiger charge is 2.17. The molecule has 0 fully saturated rings. The van der Waals surface area contributed by atoms with Crippen LogP contribution in [0.5, 0.6) is 0 Å². The molecule has 3 aromatic rings. The quantitative estimate of drug-likeness (QED) is 0.255. The SMILES string of the molecule is Cc1nc(SCC(=O)c2ccc(Cl)cc2)c(C#N)c(C)c1N=Nc1ccccc1. The van der Waals surface area contributed by atoms with E-state index >= 15 is 0 Å². The molecule has 7 heteroatoms. The summed E-state index contributed by atoms with van der Waals surface area (Å²) in [6.07, 6.45) is 0. The summed E-state index contributed by atoms with van der Waals surface area (Å²) in [6.45, 7) is 3.64. The van der Waals surface area contributed by atoms with Gasteiger partial charge in [-0.05, 0) is 55.8 Å². The number of hydrogen-bond acceptors (Lipinski definition) is 6. The van der Waals surface area contributed by atoms with Crippen LogP contribution >= 0.6 is 23.4 Å². The van der Waals surface area contributed by atoms with Crippen molar-refractivity contribution in [2.75, 3.05) is 5.75 Å². The third-order valence-corrected chi connectivity index (χ3v) is 5.42. The minimum absolute atomic E-state index is 0.0551. The Labute approximate surface area is 178 Å². The molecule has 0 bridgehead atoms. The van der Waals surface area contributed by atoms with Crippen molar-refractivity contribution in [1.29, 1.82) is 5.26 Å². The number of pyridine rings is 1. The number of rotatable bonds is 6. The molecule has 0 unspecified atom stereocenters. The van der Waals surface area contributed by atoms with E-state index in [1.165, 1.54) is 11.8 Å². The fourth-order valence-electron chi connectivity index (χ4n) is 2.65. The molecule has 144 valence electrons. The van der Waals surface area contributed by atoms with Gasteiger partial charge in [0.2, 0.25) is 0 Å². The van der Waals surface area contributed by atoms with Crippen molar-refractivity contribution in [2.45, 2.75) is 18.9 Å². The molecule has 0 N–H and O–H groups in total. The van der Waals surface area contributed by atoms with Crippen molar-refractivity contribution in [1.82, 2.24) is 4.98 Å². The van der Waals surface area contributed by atoms with Crippen LogP contribution in [0.25, 0.3) is 0 Å². The molecule has 0 atom stereocenters. The fraction of sp³-hybridized carbons (Fsp3) is 0.136. The molecule has 0 radical (unpaired) electrons. The van der Waals surface area contributed by atoms with Crippen molar-refractivity contribution in [3.63, 3.8) is 0 Å². The van der Waals surface area contributed by atoms with Gasteiger partial charge in [-0.15, -0.1) is 5.11 Å². The number of nitrogens with zero attached hydrogens (tertiary/aromatic N) is 4. The van der Waals surface area contributed by atoms with Crippen LogP contribution in [0.1, 0.15) is 27.2 Å². The van der Waals surface area contributed by atoms with Crippen LogP contribution in [0.3, 0.4) is 0 Å². The summed E-state index contributed by atoms with van der Waals surface area (Å²) in [4.78, 5) is 16.9. The van der Waals surface area contributed by atoms with Crippen molar-refractivity contribution in [3.8, 4) is 6.07 Å². The van der Waals surface area contributed by atoms with Crippen LogP contribution < -0.4 is 0 Å². The van der Waals surface area contributed by atoms with E-state index in [0.29, 0.717) is 38.1 Å². The van der Waals surface area contributed by atoms with Crippen LogP contribution in [0.4, 0.5) is 11.4 Å². The Hall–Kier alpha value is -3.01. The molecule has 2 aromatic carbocycles. The van der Waals surface area contributed by atoms with E-state index in [2.05, 4.69) is 21.3 Å². The zero-order valence-electron chi connectivity index (χ0n) is 15.9. The average molecular weight is 421 g/mol. The largest absolute Gasteiger partial charge is 0.293 e. The number of azo groups is 1. The summed E-state index contributed by atoms with van der Waals surface area (Å²) in [7, 11) is 0. The Morgan fingerprint density at radius 3 is 2.45 bits per heavy atom. The smallest absolute Gasteiger partial charge is 0.173 e. The summed E-state index contributed by atoms with van der Waals surface area (Å²) >= 11 is 7.11. The van der Waals surface area contributed by atoms with E-state index in [-0.39, 0.29) is 11.5 Å². The second-order valence-corrected chi connectivity index (χ2v) is 7.62. The van der Waals surface area contributed by atoms with Crippen molar-refractivity contribution in [2.24, 2.45) is 10.2 Å². The van der Waals surface area contributed by atoms with Gasteiger partial charge in [-0.2, -0.15) is 10.4 Å². The van der Waals surface area contributed by atoms with Crippen LogP contribution in [-0.4, -0.2) is 16.5 Å². The molecule has 0 aliphatic rings. The third kappa shape index (κ3) is 5.08. The number of thioether (sulfide) groups is 1. The van der Waals surface area contributed by atoms with Gasteiger partial charge in [0, 0.05) is 10.6 Å². The van der Waals surface area contributed by atoms with Gasteiger partial charge in [0.25, 0.3) is 0 Å². The molecule has 5 nitrogen and oxygen atoms in total.